The van der Waals surface area contributed by atoms with E-state index in [-0.39, 0.29) is 17.0 Å². The second-order valence-corrected chi connectivity index (χ2v) is 9.45. The molecule has 0 atom stereocenters. The van der Waals surface area contributed by atoms with Crippen LogP contribution in [0.1, 0.15) is 22.3 Å². The first-order valence-corrected chi connectivity index (χ1v) is 11.5. The average Bonchev–Trinajstić information content (AvgIpc) is 2.78. The van der Waals surface area contributed by atoms with Crippen molar-refractivity contribution in [2.45, 2.75) is 31.5 Å². The molecular weight excluding hydrogens is 453 g/mol. The van der Waals surface area contributed by atoms with Gasteiger partial charge in [-0.25, -0.2) is 8.42 Å². The molecule has 9 heteroatoms. The van der Waals surface area contributed by atoms with Crippen molar-refractivity contribution in [2.24, 2.45) is 0 Å². The monoisotopic (exact) mass is 476 g/mol. The SMILES string of the molecule is Cc1ccc(C)c(N(CC(=O)NCc2cccc(C(F)(F)F)c2)S(=O)(=O)c2ccccc2)c1. The van der Waals surface area contributed by atoms with Gasteiger partial charge in [0.25, 0.3) is 10.0 Å². The number of rotatable bonds is 7. The van der Waals surface area contributed by atoms with E-state index in [9.17, 15) is 26.4 Å². The summed E-state index contributed by atoms with van der Waals surface area (Å²) >= 11 is 0. The van der Waals surface area contributed by atoms with Crippen LogP contribution in [-0.2, 0) is 27.5 Å². The Hall–Kier alpha value is -3.33. The third kappa shape index (κ3) is 5.92. The highest BCUT2D eigenvalue weighted by Crippen LogP contribution is 2.30. The van der Waals surface area contributed by atoms with Crippen LogP contribution < -0.4 is 9.62 Å². The van der Waals surface area contributed by atoms with E-state index in [0.29, 0.717) is 11.3 Å². The molecule has 0 aliphatic carbocycles. The number of hydrogen-bond donors (Lipinski definition) is 1. The van der Waals surface area contributed by atoms with E-state index >= 15 is 0 Å². The highest BCUT2D eigenvalue weighted by Gasteiger charge is 2.31. The topological polar surface area (TPSA) is 66.5 Å². The summed E-state index contributed by atoms with van der Waals surface area (Å²) in [5.41, 5.74) is 1.26. The highest BCUT2D eigenvalue weighted by molar-refractivity contribution is 7.92. The fourth-order valence-electron chi connectivity index (χ4n) is 3.25. The molecule has 3 aromatic carbocycles. The fourth-order valence-corrected chi connectivity index (χ4v) is 4.75. The number of halogens is 3. The first-order chi connectivity index (χ1) is 15.5. The summed E-state index contributed by atoms with van der Waals surface area (Å²) in [4.78, 5) is 12.7. The lowest BCUT2D eigenvalue weighted by atomic mass is 10.1. The van der Waals surface area contributed by atoms with Gasteiger partial charge in [0, 0.05) is 6.54 Å². The number of carbonyl (C=O) groups is 1. The molecule has 0 spiro atoms. The molecule has 1 amide bonds. The van der Waals surface area contributed by atoms with Crippen molar-refractivity contribution >= 4 is 21.6 Å². The summed E-state index contributed by atoms with van der Waals surface area (Å²) in [7, 11) is -4.07. The van der Waals surface area contributed by atoms with Crippen molar-refractivity contribution in [1.82, 2.24) is 5.32 Å². The van der Waals surface area contributed by atoms with E-state index < -0.39 is 34.2 Å². The van der Waals surface area contributed by atoms with Crippen LogP contribution in [-0.4, -0.2) is 20.9 Å². The molecule has 0 saturated heterocycles. The van der Waals surface area contributed by atoms with Gasteiger partial charge < -0.3 is 5.32 Å². The maximum atomic E-state index is 13.4. The summed E-state index contributed by atoms with van der Waals surface area (Å²) < 4.78 is 66.6. The van der Waals surface area contributed by atoms with Crippen LogP contribution in [0.5, 0.6) is 0 Å². The normalized spacial score (nSPS) is 11.8. The minimum Gasteiger partial charge on any atom is -0.350 e. The van der Waals surface area contributed by atoms with Gasteiger partial charge in [0.05, 0.1) is 16.1 Å². The lowest BCUT2D eigenvalue weighted by molar-refractivity contribution is -0.137. The van der Waals surface area contributed by atoms with Gasteiger partial charge in [0.1, 0.15) is 6.54 Å². The molecule has 0 bridgehead atoms. The number of alkyl halides is 3. The standard InChI is InChI=1S/C24H23F3N2O3S/c1-17-11-12-18(2)22(13-17)29(33(31,32)21-9-4-3-5-10-21)16-23(30)28-15-19-7-6-8-20(14-19)24(25,26)27/h3-14H,15-16H2,1-2H3,(H,28,30). The number of carbonyl (C=O) groups excluding carboxylic acids is 1. The van der Waals surface area contributed by atoms with Crippen LogP contribution in [0.25, 0.3) is 0 Å². The number of hydrogen-bond acceptors (Lipinski definition) is 3. The number of benzene rings is 3. The van der Waals surface area contributed by atoms with Gasteiger partial charge >= 0.3 is 6.18 Å². The molecule has 3 rings (SSSR count). The first kappa shape index (κ1) is 24.3. The van der Waals surface area contributed by atoms with Gasteiger partial charge in [-0.05, 0) is 60.9 Å². The molecular formula is C24H23F3N2O3S. The number of nitrogens with zero attached hydrogens (tertiary/aromatic N) is 1. The molecule has 0 fully saturated rings. The number of nitrogens with one attached hydrogen (secondary N) is 1. The molecule has 0 saturated carbocycles. The lowest BCUT2D eigenvalue weighted by Crippen LogP contribution is -2.41. The molecule has 0 aromatic heterocycles. The maximum Gasteiger partial charge on any atom is 0.416 e. The molecule has 0 radical (unpaired) electrons. The Labute approximate surface area is 190 Å². The molecule has 33 heavy (non-hydrogen) atoms. The van der Waals surface area contributed by atoms with E-state index in [0.717, 1.165) is 22.0 Å². The van der Waals surface area contributed by atoms with E-state index in [1.807, 2.05) is 13.0 Å². The van der Waals surface area contributed by atoms with Crippen LogP contribution in [0.15, 0.2) is 77.7 Å². The van der Waals surface area contributed by atoms with E-state index in [4.69, 9.17) is 0 Å². The van der Waals surface area contributed by atoms with Crippen LogP contribution in [0.4, 0.5) is 18.9 Å². The van der Waals surface area contributed by atoms with E-state index in [2.05, 4.69) is 5.32 Å². The van der Waals surface area contributed by atoms with Crippen LogP contribution in [0, 0.1) is 13.8 Å². The number of anilines is 1. The summed E-state index contributed by atoms with van der Waals surface area (Å²) in [6.07, 6.45) is -4.50. The van der Waals surface area contributed by atoms with Crippen molar-refractivity contribution in [3.63, 3.8) is 0 Å². The molecule has 3 aromatic rings. The lowest BCUT2D eigenvalue weighted by Gasteiger charge is -2.26. The molecule has 174 valence electrons. The maximum absolute atomic E-state index is 13.4. The van der Waals surface area contributed by atoms with Crippen molar-refractivity contribution in [2.75, 3.05) is 10.8 Å². The van der Waals surface area contributed by atoms with Gasteiger partial charge in [-0.2, -0.15) is 13.2 Å². The van der Waals surface area contributed by atoms with Gasteiger partial charge in [-0.1, -0.05) is 42.5 Å². The highest BCUT2D eigenvalue weighted by atomic mass is 32.2. The molecule has 5 nitrogen and oxygen atoms in total. The summed E-state index contributed by atoms with van der Waals surface area (Å²) in [6.45, 7) is 2.85. The quantitative estimate of drug-likeness (QED) is 0.531. The second kappa shape index (κ2) is 9.66. The zero-order valence-electron chi connectivity index (χ0n) is 18.1. The Morgan fingerprint density at radius 1 is 0.939 bits per heavy atom. The third-order valence-electron chi connectivity index (χ3n) is 5.00. The molecule has 0 aliphatic heterocycles. The predicted molar refractivity (Wildman–Crippen MR) is 120 cm³/mol. The number of aryl methyl sites for hydroxylation is 2. The largest absolute Gasteiger partial charge is 0.416 e. The van der Waals surface area contributed by atoms with Crippen molar-refractivity contribution in [3.05, 3.63) is 95.1 Å². The Morgan fingerprint density at radius 3 is 2.30 bits per heavy atom. The molecule has 1 N–H and O–H groups in total. The Morgan fingerprint density at radius 2 is 1.64 bits per heavy atom. The Bertz CT molecular complexity index is 1240. The van der Waals surface area contributed by atoms with Crippen LogP contribution >= 0.6 is 0 Å². The second-order valence-electron chi connectivity index (χ2n) is 7.59. The zero-order valence-corrected chi connectivity index (χ0v) is 18.9. The zero-order chi connectivity index (χ0) is 24.2. The summed E-state index contributed by atoms with van der Waals surface area (Å²) in [6, 6.07) is 17.6. The van der Waals surface area contributed by atoms with Gasteiger partial charge in [0.15, 0.2) is 0 Å². The molecule has 0 heterocycles. The average molecular weight is 477 g/mol. The van der Waals surface area contributed by atoms with Gasteiger partial charge in [-0.15, -0.1) is 0 Å². The minimum absolute atomic E-state index is 0.0246. The summed E-state index contributed by atoms with van der Waals surface area (Å²) in [5.74, 6) is -0.646. The van der Waals surface area contributed by atoms with Gasteiger partial charge in [0.2, 0.25) is 5.91 Å². The smallest absolute Gasteiger partial charge is 0.350 e. The van der Waals surface area contributed by atoms with E-state index in [1.165, 1.54) is 24.3 Å². The summed E-state index contributed by atoms with van der Waals surface area (Å²) in [5, 5.41) is 2.52. The Balaban J connectivity index is 1.86. The fraction of sp³-hybridized carbons (Fsp3) is 0.208. The van der Waals surface area contributed by atoms with Crippen molar-refractivity contribution in [1.29, 1.82) is 0 Å². The Kier molecular flexibility index (Phi) is 7.12. The van der Waals surface area contributed by atoms with Crippen LogP contribution in [0.3, 0.4) is 0 Å². The molecule has 0 aliphatic rings. The first-order valence-electron chi connectivity index (χ1n) is 10.1. The van der Waals surface area contributed by atoms with Crippen molar-refractivity contribution < 1.29 is 26.4 Å². The van der Waals surface area contributed by atoms with E-state index in [1.54, 1.807) is 37.3 Å². The van der Waals surface area contributed by atoms with Gasteiger partial charge in [-0.3, -0.25) is 9.10 Å². The third-order valence-corrected chi connectivity index (χ3v) is 6.77. The molecule has 0 unspecified atom stereocenters. The minimum atomic E-state index is -4.50. The number of amides is 1. The van der Waals surface area contributed by atoms with Crippen LogP contribution in [0.2, 0.25) is 0 Å². The number of sulfonamides is 1. The van der Waals surface area contributed by atoms with Crippen molar-refractivity contribution in [3.8, 4) is 0 Å². The predicted octanol–water partition coefficient (Wildman–Crippen LogP) is 4.83.